The molecule has 1 heterocycles. The number of primary sulfonamides is 1. The van der Waals surface area contributed by atoms with Crippen LogP contribution in [0.4, 0.5) is 0 Å². The van der Waals surface area contributed by atoms with Gasteiger partial charge in [-0.1, -0.05) is 23.7 Å². The quantitative estimate of drug-likeness (QED) is 0.714. The minimum absolute atomic E-state index is 0.0134. The van der Waals surface area contributed by atoms with Crippen molar-refractivity contribution < 1.29 is 8.42 Å². The van der Waals surface area contributed by atoms with Gasteiger partial charge in [-0.05, 0) is 57.4 Å². The van der Waals surface area contributed by atoms with Gasteiger partial charge in [-0.15, -0.1) is 0 Å². The number of benzene rings is 2. The Kier molecular flexibility index (Phi) is 4.29. The molecule has 0 fully saturated rings. The van der Waals surface area contributed by atoms with Crippen LogP contribution in [0.25, 0.3) is 16.8 Å². The third-order valence-corrected chi connectivity index (χ3v) is 5.03. The molecule has 0 radical (unpaired) electrons. The molecule has 0 aliphatic rings. The second-order valence-corrected chi connectivity index (χ2v) is 7.63. The molecule has 0 bridgehead atoms. The molecule has 0 atom stereocenters. The third-order valence-electron chi connectivity index (χ3n) is 3.25. The standard InChI is InChI=1S/C15H11BrClN3O2S/c16-13-8-11(10-2-4-12(17)5-3-10)9-14(23(18,21)22)15(13)20-7-1-6-19-20/h1-9H,(H2,18,21,22). The van der Waals surface area contributed by atoms with Crippen LogP contribution in [-0.4, -0.2) is 18.2 Å². The second-order valence-electron chi connectivity index (χ2n) is 4.81. The van der Waals surface area contributed by atoms with Gasteiger partial charge >= 0.3 is 0 Å². The smallest absolute Gasteiger partial charge is 0.238 e. The van der Waals surface area contributed by atoms with E-state index in [1.807, 2.05) is 18.2 Å². The van der Waals surface area contributed by atoms with Crippen molar-refractivity contribution in [2.75, 3.05) is 0 Å². The molecule has 23 heavy (non-hydrogen) atoms. The lowest BCUT2D eigenvalue weighted by atomic mass is 10.1. The highest BCUT2D eigenvalue weighted by Gasteiger charge is 2.20. The van der Waals surface area contributed by atoms with Crippen molar-refractivity contribution in [1.29, 1.82) is 0 Å². The van der Waals surface area contributed by atoms with Crippen molar-refractivity contribution in [3.05, 3.63) is 64.4 Å². The highest BCUT2D eigenvalue weighted by molar-refractivity contribution is 9.10. The van der Waals surface area contributed by atoms with E-state index < -0.39 is 10.0 Å². The second kappa shape index (κ2) is 6.09. The van der Waals surface area contributed by atoms with Crippen LogP contribution in [0.1, 0.15) is 0 Å². The molecule has 1 aromatic heterocycles. The van der Waals surface area contributed by atoms with Crippen molar-refractivity contribution in [1.82, 2.24) is 9.78 Å². The molecule has 8 heteroatoms. The predicted molar refractivity (Wildman–Crippen MR) is 93.1 cm³/mol. The Morgan fingerprint density at radius 1 is 1.13 bits per heavy atom. The van der Waals surface area contributed by atoms with Gasteiger partial charge in [0.1, 0.15) is 4.90 Å². The summed E-state index contributed by atoms with van der Waals surface area (Å²) in [5.41, 5.74) is 1.90. The summed E-state index contributed by atoms with van der Waals surface area (Å²) in [6.45, 7) is 0. The number of aromatic nitrogens is 2. The highest BCUT2D eigenvalue weighted by Crippen LogP contribution is 2.33. The molecule has 0 amide bonds. The number of sulfonamides is 1. The molecule has 0 saturated carbocycles. The van der Waals surface area contributed by atoms with Crippen molar-refractivity contribution in [3.8, 4) is 16.8 Å². The zero-order valence-electron chi connectivity index (χ0n) is 11.6. The van der Waals surface area contributed by atoms with Gasteiger partial charge in [0.05, 0.1) is 5.69 Å². The summed E-state index contributed by atoms with van der Waals surface area (Å²) in [6, 6.07) is 12.1. The Morgan fingerprint density at radius 3 is 2.39 bits per heavy atom. The molecule has 5 nitrogen and oxygen atoms in total. The van der Waals surface area contributed by atoms with Crippen LogP contribution in [0.15, 0.2) is 64.2 Å². The molecule has 0 aliphatic heterocycles. The van der Waals surface area contributed by atoms with E-state index in [2.05, 4.69) is 21.0 Å². The predicted octanol–water partition coefficient (Wildman–Crippen LogP) is 3.60. The molecule has 3 aromatic rings. The maximum atomic E-state index is 12.0. The summed E-state index contributed by atoms with van der Waals surface area (Å²) in [7, 11) is -3.94. The van der Waals surface area contributed by atoms with E-state index in [1.54, 1.807) is 30.6 Å². The first-order valence-corrected chi connectivity index (χ1v) is 9.20. The molecule has 118 valence electrons. The van der Waals surface area contributed by atoms with E-state index in [9.17, 15) is 8.42 Å². The van der Waals surface area contributed by atoms with E-state index in [0.29, 0.717) is 20.7 Å². The fraction of sp³-hybridized carbons (Fsp3) is 0. The zero-order valence-corrected chi connectivity index (χ0v) is 14.8. The molecule has 0 spiro atoms. The Balaban J connectivity index is 2.27. The van der Waals surface area contributed by atoms with Gasteiger partial charge in [-0.3, -0.25) is 0 Å². The Hall–Kier alpha value is -1.67. The Labute approximate surface area is 146 Å². The average molecular weight is 413 g/mol. The average Bonchev–Trinajstić information content (AvgIpc) is 3.00. The third kappa shape index (κ3) is 3.32. The van der Waals surface area contributed by atoms with Crippen LogP contribution in [0.5, 0.6) is 0 Å². The first kappa shape index (κ1) is 16.2. The molecule has 0 saturated heterocycles. The molecular formula is C15H11BrClN3O2S. The van der Waals surface area contributed by atoms with Gasteiger partial charge < -0.3 is 0 Å². The monoisotopic (exact) mass is 411 g/mol. The van der Waals surface area contributed by atoms with Gasteiger partial charge in [0, 0.05) is 21.9 Å². The number of hydrogen-bond acceptors (Lipinski definition) is 3. The number of rotatable bonds is 3. The van der Waals surface area contributed by atoms with Crippen LogP contribution >= 0.6 is 27.5 Å². The minimum Gasteiger partial charge on any atom is -0.238 e. The fourth-order valence-corrected chi connectivity index (χ4v) is 3.89. The van der Waals surface area contributed by atoms with Gasteiger partial charge in [-0.2, -0.15) is 5.10 Å². The van der Waals surface area contributed by atoms with Crippen LogP contribution in [0.3, 0.4) is 0 Å². The first-order valence-electron chi connectivity index (χ1n) is 6.48. The summed E-state index contributed by atoms with van der Waals surface area (Å²) in [4.78, 5) is -0.0134. The van der Waals surface area contributed by atoms with Crippen molar-refractivity contribution in [2.24, 2.45) is 5.14 Å². The van der Waals surface area contributed by atoms with E-state index in [-0.39, 0.29) is 4.90 Å². The topological polar surface area (TPSA) is 78.0 Å². The van der Waals surface area contributed by atoms with Crippen LogP contribution in [0.2, 0.25) is 5.02 Å². The maximum absolute atomic E-state index is 12.0. The lowest BCUT2D eigenvalue weighted by Crippen LogP contribution is -2.16. The van der Waals surface area contributed by atoms with Gasteiger partial charge in [0.2, 0.25) is 10.0 Å². The van der Waals surface area contributed by atoms with E-state index in [4.69, 9.17) is 16.7 Å². The summed E-state index contributed by atoms with van der Waals surface area (Å²) in [5, 5.41) is 10.1. The highest BCUT2D eigenvalue weighted by atomic mass is 79.9. The van der Waals surface area contributed by atoms with E-state index in [0.717, 1.165) is 5.56 Å². The Morgan fingerprint density at radius 2 is 1.83 bits per heavy atom. The van der Waals surface area contributed by atoms with Gasteiger partial charge in [0.25, 0.3) is 0 Å². The van der Waals surface area contributed by atoms with Crippen LogP contribution in [0, 0.1) is 0 Å². The first-order chi connectivity index (χ1) is 10.9. The van der Waals surface area contributed by atoms with Crippen molar-refractivity contribution in [3.63, 3.8) is 0 Å². The number of nitrogens with zero attached hydrogens (tertiary/aromatic N) is 2. The summed E-state index contributed by atoms with van der Waals surface area (Å²) in [5.74, 6) is 0. The number of halogens is 2. The minimum atomic E-state index is -3.94. The molecule has 0 aliphatic carbocycles. The van der Waals surface area contributed by atoms with Crippen molar-refractivity contribution in [2.45, 2.75) is 4.90 Å². The van der Waals surface area contributed by atoms with Crippen LogP contribution < -0.4 is 5.14 Å². The lowest BCUT2D eigenvalue weighted by molar-refractivity contribution is 0.596. The molecule has 2 aromatic carbocycles. The van der Waals surface area contributed by atoms with Gasteiger partial charge in [-0.25, -0.2) is 18.2 Å². The van der Waals surface area contributed by atoms with Crippen molar-refractivity contribution >= 4 is 37.6 Å². The number of nitrogens with two attached hydrogens (primary N) is 1. The van der Waals surface area contributed by atoms with Gasteiger partial charge in [0.15, 0.2) is 0 Å². The molecule has 3 rings (SSSR count). The van der Waals surface area contributed by atoms with E-state index >= 15 is 0 Å². The summed E-state index contributed by atoms with van der Waals surface area (Å²) in [6.07, 6.45) is 3.21. The lowest BCUT2D eigenvalue weighted by Gasteiger charge is -2.13. The molecule has 2 N–H and O–H groups in total. The fourth-order valence-electron chi connectivity index (χ4n) is 2.22. The molecular weight excluding hydrogens is 402 g/mol. The summed E-state index contributed by atoms with van der Waals surface area (Å²) < 4.78 is 26.1. The maximum Gasteiger partial charge on any atom is 0.240 e. The number of hydrogen-bond donors (Lipinski definition) is 1. The van der Waals surface area contributed by atoms with E-state index in [1.165, 1.54) is 10.7 Å². The SMILES string of the molecule is NS(=O)(=O)c1cc(-c2ccc(Cl)cc2)cc(Br)c1-n1cccn1. The largest absolute Gasteiger partial charge is 0.240 e. The summed E-state index contributed by atoms with van der Waals surface area (Å²) >= 11 is 9.31. The zero-order chi connectivity index (χ0) is 16.6. The Bertz CT molecular complexity index is 955. The molecule has 0 unspecified atom stereocenters. The van der Waals surface area contributed by atoms with Crippen LogP contribution in [-0.2, 0) is 10.0 Å². The normalized spacial score (nSPS) is 11.6.